The third-order valence-electron chi connectivity index (χ3n) is 5.84. The highest BCUT2D eigenvalue weighted by molar-refractivity contribution is 7.89. The van der Waals surface area contributed by atoms with Crippen LogP contribution in [0.3, 0.4) is 0 Å². The summed E-state index contributed by atoms with van der Waals surface area (Å²) in [7, 11) is -3.46. The van der Waals surface area contributed by atoms with Gasteiger partial charge in [-0.1, -0.05) is 6.42 Å². The predicted molar refractivity (Wildman–Crippen MR) is 111 cm³/mol. The molecule has 2 aliphatic rings. The summed E-state index contributed by atoms with van der Waals surface area (Å²) in [4.78, 5) is 1.78. The predicted octanol–water partition coefficient (Wildman–Crippen LogP) is 1.24. The summed E-state index contributed by atoms with van der Waals surface area (Å²) in [5, 5.41) is 0. The molecule has 0 bridgehead atoms. The highest BCUT2D eigenvalue weighted by Crippen LogP contribution is 2.25. The molecule has 1 aromatic carbocycles. The van der Waals surface area contributed by atoms with E-state index in [4.69, 9.17) is 17.0 Å². The summed E-state index contributed by atoms with van der Waals surface area (Å²) < 4.78 is 38.3. The Morgan fingerprint density at radius 2 is 1.79 bits per heavy atom. The molecule has 2 aromatic rings. The van der Waals surface area contributed by atoms with Gasteiger partial charge in [-0.25, -0.2) is 8.42 Å². The molecule has 0 aliphatic carbocycles. The summed E-state index contributed by atoms with van der Waals surface area (Å²) >= 11 is 5.74. The third-order valence-corrected chi connectivity index (χ3v) is 8.18. The van der Waals surface area contributed by atoms with Crippen LogP contribution in [0.2, 0.25) is 0 Å². The number of imidazole rings is 1. The average molecular weight is 426 g/mol. The van der Waals surface area contributed by atoms with E-state index in [1.807, 2.05) is 12.1 Å². The van der Waals surface area contributed by atoms with E-state index in [1.54, 1.807) is 10.4 Å². The molecule has 0 atom stereocenters. The summed E-state index contributed by atoms with van der Waals surface area (Å²) in [6.07, 6.45) is 2.97. The minimum Gasteiger partial charge on any atom is -0.370 e. The molecule has 0 unspecified atom stereocenters. The molecule has 1 N–H and O–H groups in total. The van der Waals surface area contributed by atoms with E-state index in [9.17, 15) is 8.42 Å². The number of fused-ring (bicyclic) bond motifs is 1. The van der Waals surface area contributed by atoms with E-state index in [0.717, 1.165) is 74.6 Å². The summed E-state index contributed by atoms with van der Waals surface area (Å²) in [5.74, 6) is 0. The fourth-order valence-corrected chi connectivity index (χ4v) is 6.14. The van der Waals surface area contributed by atoms with Crippen LogP contribution in [0.5, 0.6) is 0 Å². The van der Waals surface area contributed by atoms with E-state index < -0.39 is 10.0 Å². The number of rotatable bonds is 5. The third kappa shape index (κ3) is 3.66. The Kier molecular flexibility index (Phi) is 5.89. The molecule has 2 saturated heterocycles. The second-order valence-corrected chi connectivity index (χ2v) is 9.89. The van der Waals surface area contributed by atoms with E-state index in [1.165, 1.54) is 4.90 Å². The molecule has 2 aliphatic heterocycles. The van der Waals surface area contributed by atoms with Crippen LogP contribution >= 0.6 is 12.2 Å². The molecule has 154 valence electrons. The number of ether oxygens (including phenoxy) is 1. The van der Waals surface area contributed by atoms with Gasteiger partial charge in [0.05, 0.1) is 29.1 Å². The zero-order chi connectivity index (χ0) is 19.7. The number of piperidine rings is 1. The van der Waals surface area contributed by atoms with Crippen molar-refractivity contribution in [3.63, 3.8) is 0 Å². The Morgan fingerprint density at radius 1 is 1.07 bits per heavy atom. The number of nitrogens with one attached hydrogen (secondary N) is 1. The van der Waals surface area contributed by atoms with Crippen molar-refractivity contribution in [2.75, 3.05) is 39.4 Å². The number of quaternary nitrogens is 1. The normalized spacial score (nSPS) is 20.0. The number of benzene rings is 1. The average Bonchev–Trinajstić information content (AvgIpc) is 2.99. The first-order valence-electron chi connectivity index (χ1n) is 10.2. The van der Waals surface area contributed by atoms with Crippen LogP contribution < -0.4 is 4.90 Å². The number of sulfonamides is 1. The van der Waals surface area contributed by atoms with Crippen molar-refractivity contribution in [2.45, 2.75) is 44.3 Å². The summed E-state index contributed by atoms with van der Waals surface area (Å²) in [5.41, 5.74) is 1.90. The molecule has 3 heterocycles. The zero-order valence-electron chi connectivity index (χ0n) is 16.4. The van der Waals surface area contributed by atoms with Crippen LogP contribution in [0.4, 0.5) is 0 Å². The van der Waals surface area contributed by atoms with Gasteiger partial charge < -0.3 is 14.2 Å². The first kappa shape index (κ1) is 20.0. The van der Waals surface area contributed by atoms with Gasteiger partial charge in [0.2, 0.25) is 10.0 Å². The number of nitrogens with zero attached hydrogens (tertiary/aromatic N) is 3. The van der Waals surface area contributed by atoms with E-state index in [-0.39, 0.29) is 0 Å². The van der Waals surface area contributed by atoms with E-state index in [0.29, 0.717) is 18.0 Å². The van der Waals surface area contributed by atoms with Gasteiger partial charge in [0, 0.05) is 19.6 Å². The second kappa shape index (κ2) is 8.23. The molecule has 0 amide bonds. The minimum absolute atomic E-state index is 0.371. The number of hydrogen-bond acceptors (Lipinski definition) is 4. The molecular weight excluding hydrogens is 396 g/mol. The number of aromatic nitrogens is 2. The largest absolute Gasteiger partial charge is 0.370 e. The minimum atomic E-state index is -3.46. The number of aryl methyl sites for hydroxylation is 1. The van der Waals surface area contributed by atoms with Crippen molar-refractivity contribution in [1.82, 2.24) is 13.4 Å². The topological polar surface area (TPSA) is 60.9 Å². The van der Waals surface area contributed by atoms with Gasteiger partial charge in [-0.3, -0.25) is 4.57 Å². The number of morpholine rings is 1. The Morgan fingerprint density at radius 3 is 2.46 bits per heavy atom. The first-order chi connectivity index (χ1) is 13.5. The van der Waals surface area contributed by atoms with Gasteiger partial charge in [-0.05, 0) is 50.2 Å². The van der Waals surface area contributed by atoms with Gasteiger partial charge in [0.1, 0.15) is 13.1 Å². The van der Waals surface area contributed by atoms with Crippen molar-refractivity contribution in [3.05, 3.63) is 23.0 Å². The van der Waals surface area contributed by atoms with Gasteiger partial charge in [-0.2, -0.15) is 4.31 Å². The fourth-order valence-electron chi connectivity index (χ4n) is 4.21. The SMILES string of the molecule is CCn1c(=S)n(C[NH+]2CCOCC2)c2cc(S(=O)(=O)N3CCCCC3)ccc21. The van der Waals surface area contributed by atoms with Gasteiger partial charge >= 0.3 is 0 Å². The fraction of sp³-hybridized carbons (Fsp3) is 0.632. The van der Waals surface area contributed by atoms with Crippen LogP contribution in [-0.4, -0.2) is 61.3 Å². The van der Waals surface area contributed by atoms with Crippen molar-refractivity contribution in [3.8, 4) is 0 Å². The molecule has 0 radical (unpaired) electrons. The van der Waals surface area contributed by atoms with E-state index in [2.05, 4.69) is 16.1 Å². The van der Waals surface area contributed by atoms with Crippen LogP contribution in [0.15, 0.2) is 23.1 Å². The van der Waals surface area contributed by atoms with Crippen LogP contribution in [0.1, 0.15) is 26.2 Å². The molecule has 28 heavy (non-hydrogen) atoms. The molecule has 0 spiro atoms. The van der Waals surface area contributed by atoms with Gasteiger partial charge in [0.25, 0.3) is 0 Å². The van der Waals surface area contributed by atoms with Crippen molar-refractivity contribution < 1.29 is 18.1 Å². The Labute approximate surface area is 171 Å². The maximum atomic E-state index is 13.2. The maximum Gasteiger partial charge on any atom is 0.243 e. The highest BCUT2D eigenvalue weighted by Gasteiger charge is 2.27. The molecule has 2 fully saturated rings. The van der Waals surface area contributed by atoms with E-state index >= 15 is 0 Å². The van der Waals surface area contributed by atoms with Gasteiger partial charge in [-0.15, -0.1) is 0 Å². The summed E-state index contributed by atoms with van der Waals surface area (Å²) in [6.45, 7) is 8.17. The lowest BCUT2D eigenvalue weighted by Gasteiger charge is -2.26. The van der Waals surface area contributed by atoms with Crippen molar-refractivity contribution >= 4 is 33.3 Å². The molecule has 1 aromatic heterocycles. The smallest absolute Gasteiger partial charge is 0.243 e. The first-order valence-corrected chi connectivity index (χ1v) is 12.0. The van der Waals surface area contributed by atoms with Gasteiger partial charge in [0.15, 0.2) is 11.4 Å². The van der Waals surface area contributed by atoms with Crippen LogP contribution in [0, 0.1) is 4.77 Å². The maximum absolute atomic E-state index is 13.2. The zero-order valence-corrected chi connectivity index (χ0v) is 18.0. The molecule has 9 heteroatoms. The second-order valence-electron chi connectivity index (χ2n) is 7.59. The van der Waals surface area contributed by atoms with Crippen molar-refractivity contribution in [1.29, 1.82) is 0 Å². The molecular formula is C19H29N4O3S2+. The lowest BCUT2D eigenvalue weighted by Crippen LogP contribution is -3.13. The quantitative estimate of drug-likeness (QED) is 0.733. The van der Waals surface area contributed by atoms with Crippen molar-refractivity contribution in [2.24, 2.45) is 0 Å². The van der Waals surface area contributed by atoms with Crippen LogP contribution in [-0.2, 0) is 28.0 Å². The number of hydrogen-bond donors (Lipinski definition) is 1. The Balaban J connectivity index is 1.76. The lowest BCUT2D eigenvalue weighted by atomic mass is 10.2. The Bertz CT molecular complexity index is 1000. The molecule has 0 saturated carbocycles. The monoisotopic (exact) mass is 425 g/mol. The highest BCUT2D eigenvalue weighted by atomic mass is 32.2. The standard InChI is InChI=1S/C19H28N4O3S2/c1-2-22-17-7-6-16(28(24,25)21-8-4-3-5-9-21)14-18(17)23(19(22)27)15-20-10-12-26-13-11-20/h6-7,14H,2-5,8-13,15H2,1H3/p+1. The Hall–Kier alpha value is -1.26. The molecule has 4 rings (SSSR count). The summed E-state index contributed by atoms with van der Waals surface area (Å²) in [6, 6.07) is 5.47. The molecule has 7 nitrogen and oxygen atoms in total. The lowest BCUT2D eigenvalue weighted by molar-refractivity contribution is -0.930. The van der Waals surface area contributed by atoms with Crippen LogP contribution in [0.25, 0.3) is 11.0 Å².